The maximum atomic E-state index is 13.2. The molecule has 0 aliphatic carbocycles. The first-order valence-corrected chi connectivity index (χ1v) is 11.5. The van der Waals surface area contributed by atoms with Crippen molar-refractivity contribution in [3.63, 3.8) is 0 Å². The lowest BCUT2D eigenvalue weighted by molar-refractivity contribution is -0.152. The van der Waals surface area contributed by atoms with Gasteiger partial charge in [0, 0.05) is 35.8 Å². The number of nitrogens with two attached hydrogens (primary N) is 1. The van der Waals surface area contributed by atoms with Gasteiger partial charge >= 0.3 is 12.4 Å². The third-order valence-corrected chi connectivity index (χ3v) is 5.94. The Balaban J connectivity index is 1.96. The zero-order valence-corrected chi connectivity index (χ0v) is 19.8. The molecule has 204 valence electrons. The molecule has 0 bridgehead atoms. The lowest BCUT2D eigenvalue weighted by atomic mass is 9.83. The van der Waals surface area contributed by atoms with Gasteiger partial charge in [0.05, 0.1) is 11.4 Å². The molecule has 1 heterocycles. The van der Waals surface area contributed by atoms with Crippen LogP contribution in [0.5, 0.6) is 0 Å². The molecular weight excluding hydrogens is 518 g/mol. The van der Waals surface area contributed by atoms with Gasteiger partial charge in [0.2, 0.25) is 18.0 Å². The van der Waals surface area contributed by atoms with E-state index in [9.17, 15) is 40.7 Å². The summed E-state index contributed by atoms with van der Waals surface area (Å²) >= 11 is 0. The molecule has 7 nitrogen and oxygen atoms in total. The first-order valence-electron chi connectivity index (χ1n) is 11.5. The summed E-state index contributed by atoms with van der Waals surface area (Å²) in [5.74, 6) is -7.18. The molecule has 0 aromatic heterocycles. The average molecular weight is 542 g/mol. The highest BCUT2D eigenvalue weighted by molar-refractivity contribution is 6.19. The number of anilines is 1. The number of carbonyl (C=O) groups excluding carboxylic acids is 3. The quantitative estimate of drug-likeness (QED) is 0.410. The molecule has 0 fully saturated rings. The molecular formula is C25H24F6N4O3. The number of hydrogen-bond acceptors (Lipinski definition) is 4. The minimum atomic E-state index is -4.76. The summed E-state index contributed by atoms with van der Waals surface area (Å²) in [6, 6.07) is 15.1. The summed E-state index contributed by atoms with van der Waals surface area (Å²) < 4.78 is 77.4. The maximum absolute atomic E-state index is 13.2. The Bertz CT molecular complexity index is 1200. The number of aliphatic imine (C=N–C) groups is 1. The molecule has 1 aliphatic heterocycles. The number of alkyl halides is 6. The molecule has 2 aromatic carbocycles. The van der Waals surface area contributed by atoms with Crippen molar-refractivity contribution >= 4 is 29.1 Å². The predicted octanol–water partition coefficient (Wildman–Crippen LogP) is 4.32. The second-order valence-electron chi connectivity index (χ2n) is 8.71. The van der Waals surface area contributed by atoms with Crippen LogP contribution in [0.4, 0.5) is 32.0 Å². The number of benzene rings is 2. The normalized spacial score (nSPS) is 17.4. The van der Waals surface area contributed by atoms with Crippen LogP contribution in [0.3, 0.4) is 0 Å². The summed E-state index contributed by atoms with van der Waals surface area (Å²) in [6.45, 7) is 0. The Kier molecular flexibility index (Phi) is 8.79. The number of amides is 3. The average Bonchev–Trinajstić information content (AvgIpc) is 2.96. The zero-order valence-electron chi connectivity index (χ0n) is 19.8. The van der Waals surface area contributed by atoms with Gasteiger partial charge in [-0.1, -0.05) is 48.5 Å². The number of para-hydroxylation sites is 1. The van der Waals surface area contributed by atoms with E-state index in [2.05, 4.69) is 15.6 Å². The maximum Gasteiger partial charge on any atom is 0.389 e. The highest BCUT2D eigenvalue weighted by Gasteiger charge is 2.40. The fourth-order valence-electron chi connectivity index (χ4n) is 4.12. The van der Waals surface area contributed by atoms with Crippen LogP contribution in [0.1, 0.15) is 36.8 Å². The van der Waals surface area contributed by atoms with Gasteiger partial charge in [-0.3, -0.25) is 14.4 Å². The molecule has 0 radical (unpaired) electrons. The number of carbonyl (C=O) groups is 3. The van der Waals surface area contributed by atoms with E-state index < -0.39 is 73.8 Å². The molecule has 0 saturated carbocycles. The highest BCUT2D eigenvalue weighted by atomic mass is 19.4. The lowest BCUT2D eigenvalue weighted by Crippen LogP contribution is -2.48. The Hall–Kier alpha value is -3.90. The van der Waals surface area contributed by atoms with Crippen LogP contribution in [0.15, 0.2) is 59.6 Å². The molecule has 2 aromatic rings. The monoisotopic (exact) mass is 542 g/mol. The molecule has 3 amide bonds. The van der Waals surface area contributed by atoms with Crippen LogP contribution in [0.2, 0.25) is 0 Å². The van der Waals surface area contributed by atoms with E-state index in [0.29, 0.717) is 16.8 Å². The molecule has 38 heavy (non-hydrogen) atoms. The van der Waals surface area contributed by atoms with E-state index in [-0.39, 0.29) is 5.71 Å². The third-order valence-electron chi connectivity index (χ3n) is 5.94. The summed E-state index contributed by atoms with van der Waals surface area (Å²) in [4.78, 5) is 42.4. The molecule has 2 unspecified atom stereocenters. The lowest BCUT2D eigenvalue weighted by Gasteiger charge is -2.26. The van der Waals surface area contributed by atoms with Crippen molar-refractivity contribution in [2.75, 3.05) is 5.32 Å². The number of hydrogen-bond donors (Lipinski definition) is 3. The zero-order chi connectivity index (χ0) is 28.1. The molecule has 0 saturated heterocycles. The van der Waals surface area contributed by atoms with E-state index in [1.54, 1.807) is 54.6 Å². The fraction of sp³-hybridized carbons (Fsp3) is 0.360. The number of benzodiazepines with no additional fused rings is 1. The van der Waals surface area contributed by atoms with Crippen LogP contribution in [0, 0.1) is 11.8 Å². The van der Waals surface area contributed by atoms with Gasteiger partial charge in [0.15, 0.2) is 0 Å². The number of nitrogens with zero attached hydrogens (tertiary/aromatic N) is 1. The van der Waals surface area contributed by atoms with Gasteiger partial charge in [-0.2, -0.15) is 26.3 Å². The van der Waals surface area contributed by atoms with Gasteiger partial charge in [0.25, 0.3) is 5.91 Å². The van der Waals surface area contributed by atoms with E-state index in [4.69, 9.17) is 5.73 Å². The Morgan fingerprint density at radius 3 is 2.03 bits per heavy atom. The summed E-state index contributed by atoms with van der Waals surface area (Å²) in [6.07, 6.45) is -16.2. The van der Waals surface area contributed by atoms with Crippen LogP contribution in [-0.4, -0.2) is 42.0 Å². The van der Waals surface area contributed by atoms with Crippen molar-refractivity contribution in [3.05, 3.63) is 65.7 Å². The summed E-state index contributed by atoms with van der Waals surface area (Å²) in [5.41, 5.74) is 6.90. The SMILES string of the molecule is NC(=O)C(CCC(F)(F)F)C(CCC(F)(F)F)C(=O)N[C@H]1N=C(c2ccccc2)c2ccccc2NC1=O. The second-order valence-corrected chi connectivity index (χ2v) is 8.71. The smallest absolute Gasteiger partial charge is 0.369 e. The topological polar surface area (TPSA) is 114 Å². The van der Waals surface area contributed by atoms with Crippen molar-refractivity contribution < 1.29 is 40.7 Å². The Morgan fingerprint density at radius 1 is 0.895 bits per heavy atom. The standard InChI is InChI=1S/C25H24F6N4O3/c26-24(27,28)12-10-15(20(32)36)16(11-13-25(29,30)31)22(37)35-21-23(38)33-18-9-5-4-8-17(18)19(34-21)14-6-2-1-3-7-14/h1-9,15-16,21H,10-13H2,(H2,32,36)(H,33,38)(H,35,37)/t15?,16?,21-/m1/s1. The first-order chi connectivity index (χ1) is 17.7. The number of halogens is 6. The molecule has 4 N–H and O–H groups in total. The van der Waals surface area contributed by atoms with Crippen LogP contribution in [-0.2, 0) is 14.4 Å². The van der Waals surface area contributed by atoms with Crippen molar-refractivity contribution in [2.45, 2.75) is 44.2 Å². The molecule has 3 rings (SSSR count). The number of rotatable bonds is 9. The van der Waals surface area contributed by atoms with Crippen LogP contribution < -0.4 is 16.4 Å². The number of primary amides is 1. The van der Waals surface area contributed by atoms with E-state index in [1.807, 2.05) is 0 Å². The van der Waals surface area contributed by atoms with Gasteiger partial charge in [-0.25, -0.2) is 4.99 Å². The minimum absolute atomic E-state index is 0.278. The molecule has 0 spiro atoms. The van der Waals surface area contributed by atoms with E-state index >= 15 is 0 Å². The fourth-order valence-corrected chi connectivity index (χ4v) is 4.12. The van der Waals surface area contributed by atoms with Gasteiger partial charge in [-0.05, 0) is 18.9 Å². The largest absolute Gasteiger partial charge is 0.389 e. The minimum Gasteiger partial charge on any atom is -0.369 e. The van der Waals surface area contributed by atoms with Crippen molar-refractivity contribution in [2.24, 2.45) is 22.6 Å². The first kappa shape index (κ1) is 28.7. The second kappa shape index (κ2) is 11.7. The summed E-state index contributed by atoms with van der Waals surface area (Å²) in [5, 5.41) is 4.80. The number of nitrogens with one attached hydrogen (secondary N) is 2. The predicted molar refractivity (Wildman–Crippen MR) is 126 cm³/mol. The van der Waals surface area contributed by atoms with Crippen molar-refractivity contribution in [1.82, 2.24) is 5.32 Å². The Labute approximate surface area is 213 Å². The van der Waals surface area contributed by atoms with Crippen LogP contribution >= 0.6 is 0 Å². The highest BCUT2D eigenvalue weighted by Crippen LogP contribution is 2.33. The summed E-state index contributed by atoms with van der Waals surface area (Å²) in [7, 11) is 0. The number of fused-ring (bicyclic) bond motifs is 1. The van der Waals surface area contributed by atoms with Gasteiger partial charge in [0.1, 0.15) is 0 Å². The van der Waals surface area contributed by atoms with E-state index in [1.165, 1.54) is 0 Å². The van der Waals surface area contributed by atoms with Crippen LogP contribution in [0.25, 0.3) is 0 Å². The van der Waals surface area contributed by atoms with Crippen molar-refractivity contribution in [3.8, 4) is 0 Å². The molecule has 1 aliphatic rings. The Morgan fingerprint density at radius 2 is 1.45 bits per heavy atom. The van der Waals surface area contributed by atoms with E-state index in [0.717, 1.165) is 0 Å². The van der Waals surface area contributed by atoms with Gasteiger partial charge < -0.3 is 16.4 Å². The third kappa shape index (κ3) is 7.80. The van der Waals surface area contributed by atoms with Crippen molar-refractivity contribution in [1.29, 1.82) is 0 Å². The van der Waals surface area contributed by atoms with Gasteiger partial charge in [-0.15, -0.1) is 0 Å². The molecule has 3 atom stereocenters. The molecule has 13 heteroatoms.